The van der Waals surface area contributed by atoms with Crippen molar-refractivity contribution in [1.29, 1.82) is 0 Å². The molecule has 0 radical (unpaired) electrons. The van der Waals surface area contributed by atoms with Gasteiger partial charge in [0.15, 0.2) is 9.84 Å². The van der Waals surface area contributed by atoms with Gasteiger partial charge in [0.25, 0.3) is 0 Å². The molecule has 0 unspecified atom stereocenters. The first kappa shape index (κ1) is 10.6. The molecule has 15 heavy (non-hydrogen) atoms. The molecule has 0 aromatic heterocycles. The maximum Gasteiger partial charge on any atom is 0.186 e. The van der Waals surface area contributed by atoms with E-state index in [2.05, 4.69) is 0 Å². The fourth-order valence-electron chi connectivity index (χ4n) is 1.52. The van der Waals surface area contributed by atoms with E-state index in [1.165, 1.54) is 0 Å². The third-order valence-electron chi connectivity index (χ3n) is 2.55. The minimum absolute atomic E-state index is 0.239. The Morgan fingerprint density at radius 3 is 2.53 bits per heavy atom. The Kier molecular flexibility index (Phi) is 2.77. The lowest BCUT2D eigenvalue weighted by atomic mass is 10.2. The number of sulfone groups is 1. The van der Waals surface area contributed by atoms with Crippen molar-refractivity contribution in [2.24, 2.45) is 5.73 Å². The lowest BCUT2D eigenvalue weighted by Gasteiger charge is -2.26. The molecule has 82 valence electrons. The van der Waals surface area contributed by atoms with E-state index in [0.29, 0.717) is 23.7 Å². The first-order valence-electron chi connectivity index (χ1n) is 4.76. The number of ether oxygens (including phenoxy) is 1. The van der Waals surface area contributed by atoms with Crippen LogP contribution in [0.15, 0.2) is 29.2 Å². The molecular weight excluding hydrogens is 214 g/mol. The standard InChI is InChI=1S/C10H13NO3S/c11-5-8-3-1-2-4-10(8)15(12,13)9-6-14-7-9/h1-4,9H,5-7,11H2. The molecule has 0 saturated carbocycles. The second kappa shape index (κ2) is 3.92. The minimum atomic E-state index is -3.25. The number of rotatable bonds is 3. The zero-order valence-corrected chi connectivity index (χ0v) is 9.03. The van der Waals surface area contributed by atoms with Crippen LogP contribution in [0.5, 0.6) is 0 Å². The maximum absolute atomic E-state index is 12.1. The van der Waals surface area contributed by atoms with Gasteiger partial charge in [0, 0.05) is 6.54 Å². The smallest absolute Gasteiger partial charge is 0.186 e. The van der Waals surface area contributed by atoms with Crippen LogP contribution in [0.3, 0.4) is 0 Å². The molecule has 4 nitrogen and oxygen atoms in total. The quantitative estimate of drug-likeness (QED) is 0.807. The van der Waals surface area contributed by atoms with Crippen LogP contribution in [-0.2, 0) is 21.1 Å². The lowest BCUT2D eigenvalue weighted by Crippen LogP contribution is -2.41. The molecule has 1 aromatic carbocycles. The average molecular weight is 227 g/mol. The van der Waals surface area contributed by atoms with Crippen LogP contribution in [-0.4, -0.2) is 26.9 Å². The Hall–Kier alpha value is -0.910. The molecule has 0 aliphatic carbocycles. The molecule has 0 spiro atoms. The zero-order valence-electron chi connectivity index (χ0n) is 8.22. The average Bonchev–Trinajstić information content (AvgIpc) is 2.14. The SMILES string of the molecule is NCc1ccccc1S(=O)(=O)C1COC1. The molecule has 0 atom stereocenters. The summed E-state index contributed by atoms with van der Waals surface area (Å²) < 4.78 is 29.0. The van der Waals surface area contributed by atoms with E-state index in [4.69, 9.17) is 10.5 Å². The van der Waals surface area contributed by atoms with Crippen LogP contribution in [0.25, 0.3) is 0 Å². The normalized spacial score (nSPS) is 17.4. The Labute approximate surface area is 89.0 Å². The van der Waals surface area contributed by atoms with Crippen LogP contribution >= 0.6 is 0 Å². The summed E-state index contributed by atoms with van der Waals surface area (Å²) in [6.07, 6.45) is 0. The first-order valence-corrected chi connectivity index (χ1v) is 6.30. The second-order valence-electron chi connectivity index (χ2n) is 3.52. The molecule has 5 heteroatoms. The summed E-state index contributed by atoms with van der Waals surface area (Å²) in [5.41, 5.74) is 6.18. The molecule has 0 amide bonds. The van der Waals surface area contributed by atoms with Crippen LogP contribution < -0.4 is 5.73 Å². The minimum Gasteiger partial charge on any atom is -0.379 e. The van der Waals surface area contributed by atoms with Gasteiger partial charge in [0.1, 0.15) is 5.25 Å². The van der Waals surface area contributed by atoms with Gasteiger partial charge in [-0.1, -0.05) is 18.2 Å². The van der Waals surface area contributed by atoms with Crippen LogP contribution in [0.2, 0.25) is 0 Å². The molecule has 2 N–H and O–H groups in total. The van der Waals surface area contributed by atoms with E-state index in [1.54, 1.807) is 24.3 Å². The fraction of sp³-hybridized carbons (Fsp3) is 0.400. The first-order chi connectivity index (χ1) is 7.16. The van der Waals surface area contributed by atoms with E-state index >= 15 is 0 Å². The predicted molar refractivity (Wildman–Crippen MR) is 56.1 cm³/mol. The van der Waals surface area contributed by atoms with Crippen LogP contribution in [0.4, 0.5) is 0 Å². The molecule has 1 aliphatic heterocycles. The molecule has 1 heterocycles. The monoisotopic (exact) mass is 227 g/mol. The van der Waals surface area contributed by atoms with Crippen molar-refractivity contribution in [3.63, 3.8) is 0 Å². The van der Waals surface area contributed by atoms with Gasteiger partial charge in [-0.25, -0.2) is 8.42 Å². The van der Waals surface area contributed by atoms with Crippen molar-refractivity contribution in [3.05, 3.63) is 29.8 Å². The van der Waals surface area contributed by atoms with E-state index in [-0.39, 0.29) is 6.54 Å². The molecule has 1 aromatic rings. The molecule has 2 rings (SSSR count). The van der Waals surface area contributed by atoms with E-state index < -0.39 is 15.1 Å². The van der Waals surface area contributed by atoms with Gasteiger partial charge in [0.05, 0.1) is 18.1 Å². The topological polar surface area (TPSA) is 69.4 Å². The molecule has 1 aliphatic rings. The Balaban J connectivity index is 2.43. The Bertz CT molecular complexity index is 451. The number of hydrogen-bond donors (Lipinski definition) is 1. The number of nitrogens with two attached hydrogens (primary N) is 1. The summed E-state index contributed by atoms with van der Waals surface area (Å²) in [5, 5.41) is -0.398. The third kappa shape index (κ3) is 1.78. The maximum atomic E-state index is 12.1. The summed E-state index contributed by atoms with van der Waals surface area (Å²) in [6.45, 7) is 0.825. The summed E-state index contributed by atoms with van der Waals surface area (Å²) in [6, 6.07) is 6.85. The van der Waals surface area contributed by atoms with Crippen molar-refractivity contribution in [2.45, 2.75) is 16.7 Å². The molecule has 1 fully saturated rings. The lowest BCUT2D eigenvalue weighted by molar-refractivity contribution is 0.0416. The molecular formula is C10H13NO3S. The van der Waals surface area contributed by atoms with E-state index in [0.717, 1.165) is 0 Å². The summed E-state index contributed by atoms with van der Waals surface area (Å²) in [5.74, 6) is 0. The number of hydrogen-bond acceptors (Lipinski definition) is 4. The van der Waals surface area contributed by atoms with E-state index in [1.807, 2.05) is 0 Å². The van der Waals surface area contributed by atoms with Crippen LogP contribution in [0.1, 0.15) is 5.56 Å². The summed E-state index contributed by atoms with van der Waals surface area (Å²) in [4.78, 5) is 0.348. The van der Waals surface area contributed by atoms with Gasteiger partial charge in [-0.15, -0.1) is 0 Å². The van der Waals surface area contributed by atoms with Crippen molar-refractivity contribution in [2.75, 3.05) is 13.2 Å². The zero-order chi connectivity index (χ0) is 10.9. The van der Waals surface area contributed by atoms with Crippen molar-refractivity contribution in [3.8, 4) is 0 Å². The Morgan fingerprint density at radius 2 is 2.00 bits per heavy atom. The van der Waals surface area contributed by atoms with Gasteiger partial charge >= 0.3 is 0 Å². The van der Waals surface area contributed by atoms with Crippen molar-refractivity contribution in [1.82, 2.24) is 0 Å². The van der Waals surface area contributed by atoms with Gasteiger partial charge in [-0.3, -0.25) is 0 Å². The predicted octanol–water partition coefficient (Wildman–Crippen LogP) is 0.318. The highest BCUT2D eigenvalue weighted by atomic mass is 32.2. The highest BCUT2D eigenvalue weighted by Gasteiger charge is 2.34. The summed E-state index contributed by atoms with van der Waals surface area (Å²) >= 11 is 0. The highest BCUT2D eigenvalue weighted by molar-refractivity contribution is 7.92. The van der Waals surface area contributed by atoms with Gasteiger partial charge < -0.3 is 10.5 Å². The largest absolute Gasteiger partial charge is 0.379 e. The van der Waals surface area contributed by atoms with Gasteiger partial charge in [0.2, 0.25) is 0 Å². The fourth-order valence-corrected chi connectivity index (χ4v) is 3.22. The summed E-state index contributed by atoms with van der Waals surface area (Å²) in [7, 11) is -3.25. The van der Waals surface area contributed by atoms with Crippen molar-refractivity contribution < 1.29 is 13.2 Å². The van der Waals surface area contributed by atoms with E-state index in [9.17, 15) is 8.42 Å². The highest BCUT2D eigenvalue weighted by Crippen LogP contribution is 2.24. The Morgan fingerprint density at radius 1 is 1.33 bits per heavy atom. The third-order valence-corrected chi connectivity index (χ3v) is 4.71. The van der Waals surface area contributed by atoms with Crippen LogP contribution in [0, 0.1) is 0 Å². The number of benzene rings is 1. The molecule has 0 bridgehead atoms. The van der Waals surface area contributed by atoms with Gasteiger partial charge in [-0.2, -0.15) is 0 Å². The van der Waals surface area contributed by atoms with Gasteiger partial charge in [-0.05, 0) is 11.6 Å². The molecule has 1 saturated heterocycles. The van der Waals surface area contributed by atoms with Crippen molar-refractivity contribution >= 4 is 9.84 Å². The second-order valence-corrected chi connectivity index (χ2v) is 5.71.